The maximum atomic E-state index is 14.5. The molecule has 0 aliphatic rings. The summed E-state index contributed by atoms with van der Waals surface area (Å²) < 4.78 is 48.6. The molecule has 8 nitrogen and oxygen atoms in total. The summed E-state index contributed by atoms with van der Waals surface area (Å²) >= 11 is 6.32. The smallest absolute Gasteiger partial charge is 0.264 e. The van der Waals surface area contributed by atoms with Crippen LogP contribution in [0.25, 0.3) is 0 Å². The van der Waals surface area contributed by atoms with Gasteiger partial charge in [-0.3, -0.25) is 13.9 Å². The molecule has 242 valence electrons. The second kappa shape index (κ2) is 15.7. The number of nitrogens with zero attached hydrogens (tertiary/aromatic N) is 2. The number of benzene rings is 4. The van der Waals surface area contributed by atoms with Gasteiger partial charge in [-0.15, -0.1) is 0 Å². The first-order valence-corrected chi connectivity index (χ1v) is 16.6. The number of halogens is 2. The maximum absolute atomic E-state index is 14.5. The van der Waals surface area contributed by atoms with E-state index < -0.39 is 40.2 Å². The first-order valence-electron chi connectivity index (χ1n) is 14.8. The van der Waals surface area contributed by atoms with Crippen LogP contribution in [-0.2, 0) is 32.6 Å². The van der Waals surface area contributed by atoms with Crippen molar-refractivity contribution in [1.82, 2.24) is 10.2 Å². The number of nitrogens with one attached hydrogen (secondary N) is 1. The van der Waals surface area contributed by atoms with Crippen molar-refractivity contribution in [2.75, 3.05) is 24.5 Å². The maximum Gasteiger partial charge on any atom is 0.264 e. The van der Waals surface area contributed by atoms with Crippen LogP contribution < -0.4 is 14.4 Å². The number of rotatable bonds is 14. The molecule has 0 aromatic heterocycles. The lowest BCUT2D eigenvalue weighted by molar-refractivity contribution is -0.140. The van der Waals surface area contributed by atoms with Crippen LogP contribution in [0, 0.1) is 11.7 Å². The van der Waals surface area contributed by atoms with Crippen molar-refractivity contribution in [3.8, 4) is 5.75 Å². The molecule has 4 aromatic rings. The van der Waals surface area contributed by atoms with E-state index in [1.165, 1.54) is 60.5 Å². The number of amides is 2. The van der Waals surface area contributed by atoms with Crippen LogP contribution in [0.15, 0.2) is 108 Å². The van der Waals surface area contributed by atoms with Crippen molar-refractivity contribution >= 4 is 39.1 Å². The third-order valence-corrected chi connectivity index (χ3v) is 9.25. The van der Waals surface area contributed by atoms with E-state index >= 15 is 0 Å². The highest BCUT2D eigenvalue weighted by Gasteiger charge is 2.35. The fraction of sp³-hybridized carbons (Fsp3) is 0.257. The van der Waals surface area contributed by atoms with Gasteiger partial charge in [-0.25, -0.2) is 12.8 Å². The topological polar surface area (TPSA) is 96.0 Å². The SMILES string of the molecule is COc1ccc(Cl)cc1N(CC(=O)N(Cc1ccc(F)cc1)[C@H](Cc1ccccc1)C(=O)NCC(C)C)S(=O)(=O)c1ccccc1. The molecule has 46 heavy (non-hydrogen) atoms. The Morgan fingerprint density at radius 2 is 1.52 bits per heavy atom. The third kappa shape index (κ3) is 8.86. The van der Waals surface area contributed by atoms with Crippen LogP contribution >= 0.6 is 11.6 Å². The molecule has 11 heteroatoms. The van der Waals surface area contributed by atoms with Gasteiger partial charge in [0.25, 0.3) is 10.0 Å². The fourth-order valence-corrected chi connectivity index (χ4v) is 6.46. The summed E-state index contributed by atoms with van der Waals surface area (Å²) in [7, 11) is -2.95. The minimum absolute atomic E-state index is 0.0505. The molecular formula is C35H37ClFN3O5S. The van der Waals surface area contributed by atoms with Gasteiger partial charge >= 0.3 is 0 Å². The van der Waals surface area contributed by atoms with E-state index in [0.717, 1.165) is 9.87 Å². The van der Waals surface area contributed by atoms with E-state index in [2.05, 4.69) is 5.32 Å². The predicted octanol–water partition coefficient (Wildman–Crippen LogP) is 6.10. The zero-order valence-corrected chi connectivity index (χ0v) is 27.5. The number of methoxy groups -OCH3 is 1. The molecule has 1 atom stereocenters. The van der Waals surface area contributed by atoms with Crippen LogP contribution in [-0.4, -0.2) is 51.4 Å². The second-order valence-corrected chi connectivity index (χ2v) is 13.4. The van der Waals surface area contributed by atoms with Gasteiger partial charge in [0.1, 0.15) is 24.2 Å². The van der Waals surface area contributed by atoms with Crippen LogP contribution in [0.4, 0.5) is 10.1 Å². The van der Waals surface area contributed by atoms with E-state index in [0.29, 0.717) is 12.1 Å². The highest BCUT2D eigenvalue weighted by atomic mass is 35.5. The van der Waals surface area contributed by atoms with Crippen molar-refractivity contribution < 1.29 is 27.1 Å². The summed E-state index contributed by atoms with van der Waals surface area (Å²) in [5.74, 6) is -1.19. The molecule has 0 spiro atoms. The quantitative estimate of drug-likeness (QED) is 0.176. The van der Waals surface area contributed by atoms with Crippen LogP contribution in [0.3, 0.4) is 0 Å². The average molecular weight is 666 g/mol. The van der Waals surface area contributed by atoms with Gasteiger partial charge in [-0.2, -0.15) is 0 Å². The molecule has 1 N–H and O–H groups in total. The van der Waals surface area contributed by atoms with Gasteiger partial charge in [-0.1, -0.05) is 86.1 Å². The van der Waals surface area contributed by atoms with E-state index in [1.807, 2.05) is 44.2 Å². The predicted molar refractivity (Wildman–Crippen MR) is 178 cm³/mol. The molecule has 4 rings (SSSR count). The van der Waals surface area contributed by atoms with Gasteiger partial charge in [0.15, 0.2) is 0 Å². The summed E-state index contributed by atoms with van der Waals surface area (Å²) in [5, 5.41) is 3.17. The molecule has 0 aliphatic heterocycles. The highest BCUT2D eigenvalue weighted by molar-refractivity contribution is 7.92. The molecule has 4 aromatic carbocycles. The Morgan fingerprint density at radius 1 is 0.891 bits per heavy atom. The molecule has 0 bridgehead atoms. The van der Waals surface area contributed by atoms with E-state index in [1.54, 1.807) is 24.3 Å². The molecule has 0 saturated heterocycles. The van der Waals surface area contributed by atoms with E-state index in [9.17, 15) is 22.4 Å². The lowest BCUT2D eigenvalue weighted by Gasteiger charge is -2.34. The Hall–Kier alpha value is -4.41. The Kier molecular flexibility index (Phi) is 11.8. The molecule has 0 radical (unpaired) electrons. The van der Waals surface area contributed by atoms with Gasteiger partial charge in [-0.05, 0) is 59.5 Å². The first kappa shape index (κ1) is 34.5. The number of hydrogen-bond donors (Lipinski definition) is 1. The summed E-state index contributed by atoms with van der Waals surface area (Å²) in [6.07, 6.45) is 0.156. The Bertz CT molecular complexity index is 1720. The summed E-state index contributed by atoms with van der Waals surface area (Å²) in [6, 6.07) is 26.0. The second-order valence-electron chi connectivity index (χ2n) is 11.1. The van der Waals surface area contributed by atoms with Gasteiger partial charge in [0, 0.05) is 24.5 Å². The molecule has 0 saturated carbocycles. The Labute approximate surface area is 274 Å². The molecule has 0 heterocycles. The van der Waals surface area contributed by atoms with Crippen molar-refractivity contribution in [2.24, 2.45) is 5.92 Å². The van der Waals surface area contributed by atoms with Gasteiger partial charge < -0.3 is 15.0 Å². The first-order chi connectivity index (χ1) is 22.0. The zero-order chi connectivity index (χ0) is 33.3. The molecule has 0 fully saturated rings. The Morgan fingerprint density at radius 3 is 2.13 bits per heavy atom. The minimum Gasteiger partial charge on any atom is -0.495 e. The monoisotopic (exact) mass is 665 g/mol. The van der Waals surface area contributed by atoms with Gasteiger partial charge in [0.05, 0.1) is 17.7 Å². The third-order valence-electron chi connectivity index (χ3n) is 7.24. The van der Waals surface area contributed by atoms with Crippen molar-refractivity contribution in [2.45, 2.75) is 37.8 Å². The standard InChI is InChI=1S/C35H37ClFN3O5S/c1-25(2)22-38-35(42)32(20-26-10-6-4-7-11-26)39(23-27-14-17-29(37)18-15-27)34(41)24-40(31-21-28(36)16-19-33(31)45-3)46(43,44)30-12-8-5-9-13-30/h4-19,21,25,32H,20,22-24H2,1-3H3,(H,38,42)/t32-/m1/s1. The Balaban J connectivity index is 1.83. The van der Waals surface area contributed by atoms with Crippen molar-refractivity contribution in [3.63, 3.8) is 0 Å². The number of ether oxygens (including phenoxy) is 1. The fourth-order valence-electron chi connectivity index (χ4n) is 4.85. The number of sulfonamides is 1. The minimum atomic E-state index is -4.34. The molecule has 0 unspecified atom stereocenters. The summed E-state index contributed by atoms with van der Waals surface area (Å²) in [6.45, 7) is 3.52. The van der Waals surface area contributed by atoms with Crippen LogP contribution in [0.5, 0.6) is 5.75 Å². The number of hydrogen-bond acceptors (Lipinski definition) is 5. The normalized spacial score (nSPS) is 12.0. The molecule has 2 amide bonds. The van der Waals surface area contributed by atoms with Gasteiger partial charge in [0.2, 0.25) is 11.8 Å². The number of carbonyl (C=O) groups excluding carboxylic acids is 2. The van der Waals surface area contributed by atoms with E-state index in [-0.39, 0.29) is 40.2 Å². The molecular weight excluding hydrogens is 629 g/mol. The van der Waals surface area contributed by atoms with Crippen molar-refractivity contribution in [3.05, 3.63) is 125 Å². The summed E-state index contributed by atoms with van der Waals surface area (Å²) in [5.41, 5.74) is 1.41. The van der Waals surface area contributed by atoms with Crippen LogP contribution in [0.1, 0.15) is 25.0 Å². The van der Waals surface area contributed by atoms with E-state index in [4.69, 9.17) is 16.3 Å². The average Bonchev–Trinajstić information content (AvgIpc) is 3.05. The number of anilines is 1. The number of carbonyl (C=O) groups is 2. The van der Waals surface area contributed by atoms with Crippen molar-refractivity contribution in [1.29, 1.82) is 0 Å². The summed E-state index contributed by atoms with van der Waals surface area (Å²) in [4.78, 5) is 29.7. The lowest BCUT2D eigenvalue weighted by Crippen LogP contribution is -2.53. The lowest BCUT2D eigenvalue weighted by atomic mass is 10.0. The largest absolute Gasteiger partial charge is 0.495 e. The molecule has 0 aliphatic carbocycles. The van der Waals surface area contributed by atoms with Crippen LogP contribution in [0.2, 0.25) is 5.02 Å². The highest BCUT2D eigenvalue weighted by Crippen LogP contribution is 2.35. The zero-order valence-electron chi connectivity index (χ0n) is 25.9.